The fourth-order valence-corrected chi connectivity index (χ4v) is 2.58. The lowest BCUT2D eigenvalue weighted by atomic mass is 9.54. The largest absolute Gasteiger partial charge is 0.443 e. The van der Waals surface area contributed by atoms with E-state index in [0.717, 1.165) is 6.07 Å². The van der Waals surface area contributed by atoms with Crippen molar-refractivity contribution in [3.8, 4) is 0 Å². The van der Waals surface area contributed by atoms with E-state index in [9.17, 15) is 13.8 Å². The Morgan fingerprint density at radius 2 is 1.76 bits per heavy atom. The van der Waals surface area contributed by atoms with E-state index in [0.29, 0.717) is 22.9 Å². The van der Waals surface area contributed by atoms with Crippen molar-refractivity contribution in [1.82, 2.24) is 0 Å². The van der Waals surface area contributed by atoms with Gasteiger partial charge in [0.25, 0.3) is 0 Å². The molecular formula is C14H12BCl2F2NO. The molecule has 0 bridgehead atoms. The average Bonchev–Trinajstić information content (AvgIpc) is 2.46. The van der Waals surface area contributed by atoms with Crippen LogP contribution in [0, 0.1) is 11.6 Å². The molecule has 0 aliphatic heterocycles. The van der Waals surface area contributed by atoms with Crippen molar-refractivity contribution in [2.24, 2.45) is 5.73 Å². The summed E-state index contributed by atoms with van der Waals surface area (Å²) in [7, 11) is 0. The zero-order valence-corrected chi connectivity index (χ0v) is 12.4. The first-order chi connectivity index (χ1) is 9.95. The van der Waals surface area contributed by atoms with Crippen LogP contribution in [0.15, 0.2) is 30.3 Å². The summed E-state index contributed by atoms with van der Waals surface area (Å²) in [5.74, 6) is -1.15. The van der Waals surface area contributed by atoms with Crippen molar-refractivity contribution in [2.75, 3.05) is 6.54 Å². The summed E-state index contributed by atoms with van der Waals surface area (Å²) in [5, 5.41) is 10.3. The Bertz CT molecular complexity index is 670. The van der Waals surface area contributed by atoms with Gasteiger partial charge in [0.2, 0.25) is 0 Å². The number of hydrogen-bond donors (Lipinski definition) is 2. The molecule has 0 aliphatic rings. The topological polar surface area (TPSA) is 46.2 Å². The molecule has 0 fully saturated rings. The van der Waals surface area contributed by atoms with E-state index < -0.39 is 18.6 Å². The van der Waals surface area contributed by atoms with Crippen LogP contribution < -0.4 is 16.7 Å². The number of halogens is 4. The van der Waals surface area contributed by atoms with Gasteiger partial charge in [0.1, 0.15) is 11.6 Å². The Morgan fingerprint density at radius 3 is 2.38 bits per heavy atom. The van der Waals surface area contributed by atoms with E-state index in [2.05, 4.69) is 0 Å². The smallest absolute Gasteiger partial charge is 0.359 e. The van der Waals surface area contributed by atoms with Crippen LogP contribution in [0.3, 0.4) is 0 Å². The SMILES string of the molecule is NCCc1c(B(O)c2ccc(F)c(Cl)c2)ccc(F)c1Cl. The highest BCUT2D eigenvalue weighted by molar-refractivity contribution is 6.79. The Hall–Kier alpha value is -1.14. The average molecular weight is 330 g/mol. The predicted molar refractivity (Wildman–Crippen MR) is 82.8 cm³/mol. The van der Waals surface area contributed by atoms with Crippen LogP contribution in [-0.4, -0.2) is 18.5 Å². The fourth-order valence-electron chi connectivity index (χ4n) is 2.12. The molecule has 2 nitrogen and oxygen atoms in total. The minimum absolute atomic E-state index is 0.0646. The molecule has 2 aromatic rings. The maximum Gasteiger partial charge on any atom is 0.359 e. The van der Waals surface area contributed by atoms with Crippen LogP contribution in [-0.2, 0) is 6.42 Å². The van der Waals surface area contributed by atoms with E-state index >= 15 is 0 Å². The van der Waals surface area contributed by atoms with Gasteiger partial charge in [0, 0.05) is 0 Å². The van der Waals surface area contributed by atoms with E-state index in [4.69, 9.17) is 28.9 Å². The lowest BCUT2D eigenvalue weighted by molar-refractivity contribution is 0.598. The molecule has 3 N–H and O–H groups in total. The highest BCUT2D eigenvalue weighted by Crippen LogP contribution is 2.19. The summed E-state index contributed by atoms with van der Waals surface area (Å²) in [4.78, 5) is 0. The summed E-state index contributed by atoms with van der Waals surface area (Å²) < 4.78 is 26.7. The van der Waals surface area contributed by atoms with Gasteiger partial charge in [-0.05, 0) is 47.7 Å². The van der Waals surface area contributed by atoms with E-state index in [1.165, 1.54) is 24.3 Å². The van der Waals surface area contributed by atoms with E-state index in [1.807, 2.05) is 0 Å². The lowest BCUT2D eigenvalue weighted by Gasteiger charge is -2.15. The van der Waals surface area contributed by atoms with Gasteiger partial charge in [-0.25, -0.2) is 8.78 Å². The second-order valence-corrected chi connectivity index (χ2v) is 5.33. The summed E-state index contributed by atoms with van der Waals surface area (Å²) in [6.45, 7) is -0.838. The van der Waals surface area contributed by atoms with Gasteiger partial charge in [-0.1, -0.05) is 35.3 Å². The molecule has 0 saturated carbocycles. The zero-order valence-electron chi connectivity index (χ0n) is 10.9. The van der Waals surface area contributed by atoms with Crippen molar-refractivity contribution < 1.29 is 13.8 Å². The first kappa shape index (κ1) is 16.2. The third kappa shape index (κ3) is 3.38. The van der Waals surface area contributed by atoms with Crippen LogP contribution >= 0.6 is 23.2 Å². The maximum atomic E-state index is 13.5. The minimum atomic E-state index is -1.09. The Kier molecular flexibility index (Phi) is 5.22. The third-order valence-corrected chi connectivity index (χ3v) is 3.88. The molecule has 0 aromatic heterocycles. The van der Waals surface area contributed by atoms with Crippen LogP contribution in [0.2, 0.25) is 10.0 Å². The molecule has 0 amide bonds. The molecule has 2 rings (SSSR count). The number of nitrogens with two attached hydrogens (primary N) is 1. The van der Waals surface area contributed by atoms with Crippen LogP contribution in [0.25, 0.3) is 0 Å². The van der Waals surface area contributed by atoms with Crippen molar-refractivity contribution in [1.29, 1.82) is 0 Å². The Balaban J connectivity index is 2.49. The molecule has 0 heterocycles. The first-order valence-corrected chi connectivity index (χ1v) is 7.01. The second-order valence-electron chi connectivity index (χ2n) is 4.54. The first-order valence-electron chi connectivity index (χ1n) is 6.25. The fraction of sp³-hybridized carbons (Fsp3) is 0.143. The van der Waals surface area contributed by atoms with Gasteiger partial charge in [-0.2, -0.15) is 0 Å². The number of hydrogen-bond acceptors (Lipinski definition) is 2. The predicted octanol–water partition coefficient (Wildman–Crippen LogP) is 1.87. The summed E-state index contributed by atoms with van der Waals surface area (Å²) in [6.07, 6.45) is 0.317. The molecule has 0 saturated heterocycles. The molecular weight excluding hydrogens is 318 g/mol. The van der Waals surface area contributed by atoms with Crippen molar-refractivity contribution in [3.63, 3.8) is 0 Å². The molecule has 2 aromatic carbocycles. The van der Waals surface area contributed by atoms with Crippen molar-refractivity contribution in [3.05, 3.63) is 57.6 Å². The van der Waals surface area contributed by atoms with Gasteiger partial charge in [-0.15, -0.1) is 0 Å². The van der Waals surface area contributed by atoms with E-state index in [-0.39, 0.29) is 16.6 Å². The van der Waals surface area contributed by atoms with Gasteiger partial charge in [0.05, 0.1) is 10.0 Å². The molecule has 0 radical (unpaired) electrons. The molecule has 0 unspecified atom stereocenters. The normalized spacial score (nSPS) is 10.8. The van der Waals surface area contributed by atoms with Crippen molar-refractivity contribution >= 4 is 41.0 Å². The lowest BCUT2D eigenvalue weighted by Crippen LogP contribution is -2.44. The van der Waals surface area contributed by atoms with Gasteiger partial charge < -0.3 is 10.8 Å². The highest BCUT2D eigenvalue weighted by Gasteiger charge is 2.23. The summed E-state index contributed by atoms with van der Waals surface area (Å²) in [5.41, 5.74) is 6.75. The molecule has 0 atom stereocenters. The van der Waals surface area contributed by atoms with Crippen LogP contribution in [0.5, 0.6) is 0 Å². The summed E-state index contributed by atoms with van der Waals surface area (Å²) in [6, 6.07) is 6.51. The standard InChI is InChI=1S/C14H12BCl2F2NO/c16-11-7-8(1-3-12(11)18)15(21)10-2-4-13(19)14(17)9(10)5-6-20/h1-4,7,21H,5-6,20H2. The van der Waals surface area contributed by atoms with Crippen molar-refractivity contribution in [2.45, 2.75) is 6.42 Å². The Labute approximate surface area is 131 Å². The number of benzene rings is 2. The monoisotopic (exact) mass is 329 g/mol. The van der Waals surface area contributed by atoms with Crippen LogP contribution in [0.4, 0.5) is 8.78 Å². The van der Waals surface area contributed by atoms with Gasteiger partial charge in [-0.3, -0.25) is 0 Å². The molecule has 7 heteroatoms. The minimum Gasteiger partial charge on any atom is -0.443 e. The molecule has 0 spiro atoms. The maximum absolute atomic E-state index is 13.5. The Morgan fingerprint density at radius 1 is 1.10 bits per heavy atom. The highest BCUT2D eigenvalue weighted by atomic mass is 35.5. The molecule has 110 valence electrons. The van der Waals surface area contributed by atoms with Crippen LogP contribution in [0.1, 0.15) is 5.56 Å². The van der Waals surface area contributed by atoms with Gasteiger partial charge >= 0.3 is 6.92 Å². The second kappa shape index (κ2) is 6.75. The third-order valence-electron chi connectivity index (χ3n) is 3.18. The molecule has 0 aliphatic carbocycles. The quantitative estimate of drug-likeness (QED) is 0.841. The zero-order chi connectivity index (χ0) is 15.6. The van der Waals surface area contributed by atoms with Gasteiger partial charge in [0.15, 0.2) is 0 Å². The summed E-state index contributed by atoms with van der Waals surface area (Å²) >= 11 is 11.6. The van der Waals surface area contributed by atoms with E-state index in [1.54, 1.807) is 0 Å². The molecule has 21 heavy (non-hydrogen) atoms. The number of rotatable bonds is 4.